The number of hydrogen-bond donors (Lipinski definition) is 4. The number of fused-ring (bicyclic) bond motifs is 1. The molecule has 2 aromatic carbocycles. The number of methoxy groups -OCH3 is 1. The Morgan fingerprint density at radius 2 is 1.74 bits per heavy atom. The highest BCUT2D eigenvalue weighted by Gasteiger charge is 2.24. The molecular weight excluding hydrogens is 540 g/mol. The van der Waals surface area contributed by atoms with Gasteiger partial charge in [-0.15, -0.1) is 0 Å². The van der Waals surface area contributed by atoms with Crippen LogP contribution in [0, 0.1) is 0 Å². The number of amides is 2. The fraction of sp³-hybridized carbons (Fsp3) is 0.333. The van der Waals surface area contributed by atoms with E-state index in [1.807, 2.05) is 18.3 Å². The zero-order chi connectivity index (χ0) is 29.1. The van der Waals surface area contributed by atoms with Crippen molar-refractivity contribution in [3.63, 3.8) is 0 Å². The Bertz CT molecular complexity index is 1590. The number of aromatic amines is 1. The molecule has 2 amide bonds. The van der Waals surface area contributed by atoms with Gasteiger partial charge in [-0.25, -0.2) is 0 Å². The molecular formula is C30H32N6O6. The number of aromatic nitrogens is 3. The molecule has 6 rings (SSSR count). The van der Waals surface area contributed by atoms with Gasteiger partial charge in [0, 0.05) is 42.8 Å². The predicted octanol–water partition coefficient (Wildman–Crippen LogP) is 3.42. The lowest BCUT2D eigenvalue weighted by molar-refractivity contribution is -0.00346. The second-order valence-corrected chi connectivity index (χ2v) is 10.1. The second kappa shape index (κ2) is 12.0. The number of nitrogens with zero attached hydrogens (tertiary/aromatic N) is 2. The third-order valence-electron chi connectivity index (χ3n) is 7.31. The van der Waals surface area contributed by atoms with Crippen molar-refractivity contribution < 1.29 is 28.5 Å². The Kier molecular flexibility index (Phi) is 7.89. The number of nitrogens with one attached hydrogen (secondary N) is 4. The van der Waals surface area contributed by atoms with Crippen LogP contribution in [0.15, 0.2) is 48.7 Å². The Labute approximate surface area is 242 Å². The van der Waals surface area contributed by atoms with Gasteiger partial charge in [0.05, 0.1) is 50.7 Å². The fourth-order valence-electron chi connectivity index (χ4n) is 4.91. The highest BCUT2D eigenvalue weighted by atomic mass is 16.5. The highest BCUT2D eigenvalue weighted by molar-refractivity contribution is 5.99. The van der Waals surface area contributed by atoms with Crippen molar-refractivity contribution in [2.45, 2.75) is 25.0 Å². The first-order chi connectivity index (χ1) is 20.5. The lowest BCUT2D eigenvalue weighted by Crippen LogP contribution is -2.48. The number of carbonyl (C=O) groups is 2. The molecule has 0 aliphatic carbocycles. The van der Waals surface area contributed by atoms with E-state index in [-0.39, 0.29) is 24.0 Å². The molecule has 218 valence electrons. The first kappa shape index (κ1) is 27.5. The minimum atomic E-state index is -0.194. The van der Waals surface area contributed by atoms with Gasteiger partial charge in [0.2, 0.25) is 11.8 Å². The van der Waals surface area contributed by atoms with Crippen molar-refractivity contribution in [3.05, 3.63) is 59.8 Å². The van der Waals surface area contributed by atoms with E-state index in [0.717, 1.165) is 29.4 Å². The van der Waals surface area contributed by atoms with E-state index in [1.165, 1.54) is 0 Å². The average molecular weight is 573 g/mol. The summed E-state index contributed by atoms with van der Waals surface area (Å²) in [6, 6.07) is 12.5. The number of H-pyrrole nitrogens is 1. The molecule has 0 bridgehead atoms. The lowest BCUT2D eigenvalue weighted by Gasteiger charge is -2.26. The Morgan fingerprint density at radius 1 is 0.976 bits per heavy atom. The van der Waals surface area contributed by atoms with E-state index >= 15 is 0 Å². The van der Waals surface area contributed by atoms with Gasteiger partial charge in [-0.05, 0) is 35.9 Å². The van der Waals surface area contributed by atoms with E-state index in [2.05, 4.69) is 20.9 Å². The number of benzene rings is 2. The van der Waals surface area contributed by atoms with Gasteiger partial charge in [-0.3, -0.25) is 9.59 Å². The zero-order valence-electron chi connectivity index (χ0n) is 23.4. The first-order valence-electron chi connectivity index (χ1n) is 13.8. The predicted molar refractivity (Wildman–Crippen MR) is 156 cm³/mol. The summed E-state index contributed by atoms with van der Waals surface area (Å²) in [6.07, 6.45) is 3.30. The number of hydrogen-bond acceptors (Lipinski definition) is 9. The molecule has 2 fully saturated rings. The molecule has 12 nitrogen and oxygen atoms in total. The maximum atomic E-state index is 12.6. The summed E-state index contributed by atoms with van der Waals surface area (Å²) in [4.78, 5) is 37.4. The number of anilines is 2. The molecule has 2 aromatic heterocycles. The minimum absolute atomic E-state index is 0.0232. The molecule has 42 heavy (non-hydrogen) atoms. The van der Waals surface area contributed by atoms with E-state index in [4.69, 9.17) is 28.9 Å². The van der Waals surface area contributed by atoms with Gasteiger partial charge in [-0.1, -0.05) is 12.1 Å². The maximum absolute atomic E-state index is 12.6. The summed E-state index contributed by atoms with van der Waals surface area (Å²) >= 11 is 0. The molecule has 2 saturated heterocycles. The normalized spacial score (nSPS) is 15.6. The van der Waals surface area contributed by atoms with E-state index in [1.54, 1.807) is 44.5 Å². The summed E-state index contributed by atoms with van der Waals surface area (Å²) < 4.78 is 22.7. The summed E-state index contributed by atoms with van der Waals surface area (Å²) in [6.45, 7) is 2.27. The SMILES string of the molecule is CNC(=O)c1ccc(-c2c[nH]c3nc(Nc4ccc(C(=O)NC5COC5)cc4OC)nc(OC4CCOCC4)c23)cc1. The molecule has 0 saturated carbocycles. The van der Waals surface area contributed by atoms with Crippen LogP contribution in [0.2, 0.25) is 0 Å². The smallest absolute Gasteiger partial charge is 0.251 e. The van der Waals surface area contributed by atoms with Crippen LogP contribution < -0.4 is 25.4 Å². The van der Waals surface area contributed by atoms with Crippen LogP contribution >= 0.6 is 0 Å². The van der Waals surface area contributed by atoms with Crippen molar-refractivity contribution in [1.29, 1.82) is 0 Å². The van der Waals surface area contributed by atoms with Gasteiger partial charge in [0.25, 0.3) is 11.8 Å². The van der Waals surface area contributed by atoms with Crippen LogP contribution in [0.5, 0.6) is 11.6 Å². The summed E-state index contributed by atoms with van der Waals surface area (Å²) in [5.74, 6) is 0.848. The van der Waals surface area contributed by atoms with Gasteiger partial charge in [0.1, 0.15) is 17.5 Å². The van der Waals surface area contributed by atoms with Gasteiger partial charge < -0.3 is 39.9 Å². The van der Waals surface area contributed by atoms with Crippen molar-refractivity contribution in [1.82, 2.24) is 25.6 Å². The number of ether oxygens (including phenoxy) is 4. The molecule has 4 aromatic rings. The number of rotatable bonds is 9. The third kappa shape index (κ3) is 5.71. The van der Waals surface area contributed by atoms with Crippen LogP contribution in [0.25, 0.3) is 22.2 Å². The van der Waals surface area contributed by atoms with Crippen LogP contribution in [-0.4, -0.2) is 79.5 Å². The fourth-order valence-corrected chi connectivity index (χ4v) is 4.91. The van der Waals surface area contributed by atoms with Crippen LogP contribution in [0.3, 0.4) is 0 Å². The van der Waals surface area contributed by atoms with Crippen LogP contribution in [0.1, 0.15) is 33.6 Å². The lowest BCUT2D eigenvalue weighted by atomic mass is 10.0. The Hall–Kier alpha value is -4.68. The molecule has 12 heteroatoms. The summed E-state index contributed by atoms with van der Waals surface area (Å²) in [5, 5.41) is 9.54. The summed E-state index contributed by atoms with van der Waals surface area (Å²) in [5.41, 5.74) is 3.95. The minimum Gasteiger partial charge on any atom is -0.495 e. The van der Waals surface area contributed by atoms with Gasteiger partial charge in [0.15, 0.2) is 0 Å². The molecule has 4 heterocycles. The molecule has 0 atom stereocenters. The largest absolute Gasteiger partial charge is 0.495 e. The summed E-state index contributed by atoms with van der Waals surface area (Å²) in [7, 11) is 3.14. The van der Waals surface area contributed by atoms with E-state index < -0.39 is 0 Å². The van der Waals surface area contributed by atoms with Crippen molar-refractivity contribution in [2.75, 3.05) is 45.9 Å². The highest BCUT2D eigenvalue weighted by Crippen LogP contribution is 2.37. The quantitative estimate of drug-likeness (QED) is 0.237. The standard InChI is InChI=1S/C30H32N6O6/c1-31-27(37)18-5-3-17(4-6-18)22-14-32-26-25(22)29(42-21-9-11-40-12-10-21)36-30(35-26)34-23-8-7-19(13-24(23)39-2)28(38)33-20-15-41-16-20/h3-8,13-14,20-21H,9-12,15-16H2,1-2H3,(H,31,37)(H,33,38)(H2,32,34,35,36). The first-order valence-corrected chi connectivity index (χ1v) is 13.8. The van der Waals surface area contributed by atoms with E-state index in [9.17, 15) is 9.59 Å². The van der Waals surface area contributed by atoms with Crippen molar-refractivity contribution in [3.8, 4) is 22.8 Å². The molecule has 2 aliphatic rings. The average Bonchev–Trinajstić information content (AvgIpc) is 3.43. The number of carbonyl (C=O) groups excluding carboxylic acids is 2. The van der Waals surface area contributed by atoms with Crippen LogP contribution in [0.4, 0.5) is 11.6 Å². The maximum Gasteiger partial charge on any atom is 0.251 e. The molecule has 2 aliphatic heterocycles. The Morgan fingerprint density at radius 3 is 2.43 bits per heavy atom. The third-order valence-corrected chi connectivity index (χ3v) is 7.31. The van der Waals surface area contributed by atoms with Gasteiger partial charge >= 0.3 is 0 Å². The zero-order valence-corrected chi connectivity index (χ0v) is 23.4. The monoisotopic (exact) mass is 572 g/mol. The van der Waals surface area contributed by atoms with Crippen molar-refractivity contribution >= 4 is 34.5 Å². The van der Waals surface area contributed by atoms with E-state index in [0.29, 0.717) is 66.5 Å². The molecule has 4 N–H and O–H groups in total. The molecule has 0 radical (unpaired) electrons. The second-order valence-electron chi connectivity index (χ2n) is 10.1. The van der Waals surface area contributed by atoms with Crippen LogP contribution in [-0.2, 0) is 9.47 Å². The Balaban J connectivity index is 1.33. The molecule has 0 unspecified atom stereocenters. The van der Waals surface area contributed by atoms with Gasteiger partial charge in [-0.2, -0.15) is 9.97 Å². The molecule has 0 spiro atoms. The topological polar surface area (TPSA) is 149 Å². The van der Waals surface area contributed by atoms with Crippen molar-refractivity contribution in [2.24, 2.45) is 0 Å².